The van der Waals surface area contributed by atoms with Crippen molar-refractivity contribution < 1.29 is 4.79 Å². The van der Waals surface area contributed by atoms with Gasteiger partial charge >= 0.3 is 0 Å². The fraction of sp³-hybridized carbons (Fsp3) is 0.350. The van der Waals surface area contributed by atoms with E-state index in [0.29, 0.717) is 0 Å². The Bertz CT molecular complexity index is 954. The second-order valence-electron chi connectivity index (χ2n) is 6.97. The SMILES string of the molecule is CNc1cccc(NCC(=O)NC2CCCN(c3ncnc4[nH]ccc34)C2)c1. The van der Waals surface area contributed by atoms with Crippen LogP contribution in [0.5, 0.6) is 0 Å². The lowest BCUT2D eigenvalue weighted by atomic mass is 10.1. The number of piperidine rings is 1. The van der Waals surface area contributed by atoms with Gasteiger partial charge in [0.1, 0.15) is 17.8 Å². The maximum atomic E-state index is 12.4. The molecule has 146 valence electrons. The molecular formula is C20H25N7O. The van der Waals surface area contributed by atoms with Crippen molar-refractivity contribution in [3.8, 4) is 0 Å². The van der Waals surface area contributed by atoms with Crippen LogP contribution in [0.15, 0.2) is 42.9 Å². The third-order valence-electron chi connectivity index (χ3n) is 5.02. The number of carbonyl (C=O) groups is 1. The van der Waals surface area contributed by atoms with Gasteiger partial charge in [-0.2, -0.15) is 0 Å². The number of rotatable bonds is 6. The zero-order valence-electron chi connectivity index (χ0n) is 15.9. The quantitative estimate of drug-likeness (QED) is 0.524. The molecule has 1 aliphatic heterocycles. The predicted octanol–water partition coefficient (Wildman–Crippen LogP) is 2.20. The highest BCUT2D eigenvalue weighted by atomic mass is 16.2. The number of hydrogen-bond donors (Lipinski definition) is 4. The van der Waals surface area contributed by atoms with Gasteiger partial charge in [-0.1, -0.05) is 6.07 Å². The van der Waals surface area contributed by atoms with E-state index in [1.807, 2.05) is 43.6 Å². The van der Waals surface area contributed by atoms with E-state index in [2.05, 4.69) is 35.8 Å². The van der Waals surface area contributed by atoms with E-state index in [1.165, 1.54) is 0 Å². The number of benzene rings is 1. The Morgan fingerprint density at radius 1 is 1.29 bits per heavy atom. The van der Waals surface area contributed by atoms with E-state index in [4.69, 9.17) is 0 Å². The summed E-state index contributed by atoms with van der Waals surface area (Å²) < 4.78 is 0. The molecule has 8 heteroatoms. The summed E-state index contributed by atoms with van der Waals surface area (Å²) in [6.45, 7) is 1.93. The van der Waals surface area contributed by atoms with Crippen LogP contribution in [0, 0.1) is 0 Å². The molecule has 3 heterocycles. The number of aromatic nitrogens is 3. The summed E-state index contributed by atoms with van der Waals surface area (Å²) in [6, 6.07) is 9.97. The topological polar surface area (TPSA) is 98.0 Å². The zero-order chi connectivity index (χ0) is 19.3. The van der Waals surface area contributed by atoms with Crippen LogP contribution in [0.25, 0.3) is 11.0 Å². The van der Waals surface area contributed by atoms with Crippen LogP contribution in [0.4, 0.5) is 17.2 Å². The van der Waals surface area contributed by atoms with Crippen LogP contribution < -0.4 is 20.9 Å². The molecule has 1 saturated heterocycles. The number of nitrogens with one attached hydrogen (secondary N) is 4. The first kappa shape index (κ1) is 18.1. The standard InChI is InChI=1S/C20H25N7O/c1-21-14-4-2-5-15(10-14)23-11-18(28)26-16-6-3-9-27(12-16)20-17-7-8-22-19(17)24-13-25-20/h2,4-5,7-8,10,13,16,21,23H,3,6,9,11-12H2,1H3,(H,26,28)(H,22,24,25). The second-order valence-corrected chi connectivity index (χ2v) is 6.97. The molecular weight excluding hydrogens is 354 g/mol. The number of nitrogens with zero attached hydrogens (tertiary/aromatic N) is 3. The molecule has 8 nitrogen and oxygen atoms in total. The Morgan fingerprint density at radius 3 is 3.07 bits per heavy atom. The van der Waals surface area contributed by atoms with Gasteiger partial charge < -0.3 is 25.8 Å². The molecule has 1 fully saturated rings. The van der Waals surface area contributed by atoms with Gasteiger partial charge in [-0.15, -0.1) is 0 Å². The number of hydrogen-bond acceptors (Lipinski definition) is 6. The smallest absolute Gasteiger partial charge is 0.239 e. The number of anilines is 3. The highest BCUT2D eigenvalue weighted by molar-refractivity contribution is 5.87. The Balaban J connectivity index is 1.34. The maximum absolute atomic E-state index is 12.4. The summed E-state index contributed by atoms with van der Waals surface area (Å²) >= 11 is 0. The molecule has 1 unspecified atom stereocenters. The van der Waals surface area contributed by atoms with Crippen LogP contribution in [-0.4, -0.2) is 53.6 Å². The van der Waals surface area contributed by atoms with E-state index in [1.54, 1.807) is 6.33 Å². The number of H-pyrrole nitrogens is 1. The highest BCUT2D eigenvalue weighted by Crippen LogP contribution is 2.25. The summed E-state index contributed by atoms with van der Waals surface area (Å²) in [4.78, 5) is 26.5. The molecule has 1 amide bonds. The maximum Gasteiger partial charge on any atom is 0.239 e. The third-order valence-corrected chi connectivity index (χ3v) is 5.02. The van der Waals surface area contributed by atoms with Crippen LogP contribution in [0.2, 0.25) is 0 Å². The van der Waals surface area contributed by atoms with Crippen molar-refractivity contribution >= 4 is 34.1 Å². The number of carbonyl (C=O) groups excluding carboxylic acids is 1. The first-order valence-corrected chi connectivity index (χ1v) is 9.57. The van der Waals surface area contributed by atoms with Gasteiger partial charge in [-0.3, -0.25) is 4.79 Å². The summed E-state index contributed by atoms with van der Waals surface area (Å²) in [5, 5.41) is 10.4. The molecule has 1 atom stereocenters. The zero-order valence-corrected chi connectivity index (χ0v) is 15.9. The van der Waals surface area contributed by atoms with E-state index < -0.39 is 0 Å². The Hall–Kier alpha value is -3.29. The van der Waals surface area contributed by atoms with Crippen molar-refractivity contribution in [2.24, 2.45) is 0 Å². The Labute approximate surface area is 163 Å². The Kier molecular flexibility index (Phi) is 5.27. The molecule has 1 aliphatic rings. The summed E-state index contributed by atoms with van der Waals surface area (Å²) in [5.41, 5.74) is 2.77. The minimum Gasteiger partial charge on any atom is -0.388 e. The minimum absolute atomic E-state index is 0.00353. The van der Waals surface area contributed by atoms with E-state index in [0.717, 1.165) is 54.2 Å². The molecule has 0 radical (unpaired) electrons. The molecule has 0 spiro atoms. The fourth-order valence-corrected chi connectivity index (χ4v) is 3.64. The van der Waals surface area contributed by atoms with Gasteiger partial charge in [-0.05, 0) is 37.1 Å². The first-order valence-electron chi connectivity index (χ1n) is 9.57. The van der Waals surface area contributed by atoms with Gasteiger partial charge in [0.2, 0.25) is 5.91 Å². The van der Waals surface area contributed by atoms with Gasteiger partial charge in [0.05, 0.1) is 11.9 Å². The molecule has 4 N–H and O–H groups in total. The highest BCUT2D eigenvalue weighted by Gasteiger charge is 2.23. The lowest BCUT2D eigenvalue weighted by Crippen LogP contribution is -2.49. The minimum atomic E-state index is -0.00353. The molecule has 0 aliphatic carbocycles. The Morgan fingerprint density at radius 2 is 2.18 bits per heavy atom. The first-order chi connectivity index (χ1) is 13.7. The monoisotopic (exact) mass is 379 g/mol. The number of aromatic amines is 1. The normalized spacial score (nSPS) is 16.8. The molecule has 2 aromatic heterocycles. The largest absolute Gasteiger partial charge is 0.388 e. The lowest BCUT2D eigenvalue weighted by Gasteiger charge is -2.34. The van der Waals surface area contributed by atoms with E-state index >= 15 is 0 Å². The summed E-state index contributed by atoms with van der Waals surface area (Å²) in [5.74, 6) is 0.920. The molecule has 0 saturated carbocycles. The van der Waals surface area contributed by atoms with Crippen molar-refractivity contribution in [2.75, 3.05) is 42.2 Å². The molecule has 1 aromatic carbocycles. The second kappa shape index (κ2) is 8.16. The van der Waals surface area contributed by atoms with Crippen LogP contribution in [-0.2, 0) is 4.79 Å². The lowest BCUT2D eigenvalue weighted by molar-refractivity contribution is -0.120. The van der Waals surface area contributed by atoms with Crippen LogP contribution in [0.1, 0.15) is 12.8 Å². The number of amides is 1. The molecule has 0 bridgehead atoms. The predicted molar refractivity (Wildman–Crippen MR) is 112 cm³/mol. The average molecular weight is 379 g/mol. The van der Waals surface area contributed by atoms with Crippen molar-refractivity contribution in [3.05, 3.63) is 42.9 Å². The number of fused-ring (bicyclic) bond motifs is 1. The summed E-state index contributed by atoms with van der Waals surface area (Å²) in [6.07, 6.45) is 5.44. The van der Waals surface area contributed by atoms with Gasteiger partial charge in [-0.25, -0.2) is 9.97 Å². The van der Waals surface area contributed by atoms with Crippen molar-refractivity contribution in [1.29, 1.82) is 0 Å². The van der Waals surface area contributed by atoms with Gasteiger partial charge in [0.15, 0.2) is 0 Å². The molecule has 3 aromatic rings. The van der Waals surface area contributed by atoms with E-state index in [-0.39, 0.29) is 18.5 Å². The third kappa shape index (κ3) is 4.00. The average Bonchev–Trinajstić information content (AvgIpc) is 3.21. The van der Waals surface area contributed by atoms with Crippen molar-refractivity contribution in [3.63, 3.8) is 0 Å². The van der Waals surface area contributed by atoms with Crippen molar-refractivity contribution in [2.45, 2.75) is 18.9 Å². The van der Waals surface area contributed by atoms with Crippen molar-refractivity contribution in [1.82, 2.24) is 20.3 Å². The molecule has 28 heavy (non-hydrogen) atoms. The van der Waals surface area contributed by atoms with Gasteiger partial charge in [0.25, 0.3) is 0 Å². The summed E-state index contributed by atoms with van der Waals surface area (Å²) in [7, 11) is 1.87. The van der Waals surface area contributed by atoms with Gasteiger partial charge in [0, 0.05) is 43.8 Å². The van der Waals surface area contributed by atoms with E-state index in [9.17, 15) is 4.79 Å². The molecule has 4 rings (SSSR count). The van der Waals surface area contributed by atoms with Crippen LogP contribution >= 0.6 is 0 Å². The fourth-order valence-electron chi connectivity index (χ4n) is 3.64. The van der Waals surface area contributed by atoms with Crippen LogP contribution in [0.3, 0.4) is 0 Å².